The smallest absolute Gasteiger partial charge is 0.333 e. The van der Waals surface area contributed by atoms with E-state index >= 15 is 0 Å². The van der Waals surface area contributed by atoms with Crippen molar-refractivity contribution in [3.63, 3.8) is 0 Å². The van der Waals surface area contributed by atoms with Crippen LogP contribution in [-0.4, -0.2) is 26.1 Å². The first-order valence-corrected chi connectivity index (χ1v) is 15.6. The lowest BCUT2D eigenvalue weighted by atomic mass is 9.68. The predicted octanol–water partition coefficient (Wildman–Crippen LogP) is 6.01. The topological polar surface area (TPSA) is 86.0 Å². The molecule has 2 heterocycles. The molecule has 0 radical (unpaired) electrons. The van der Waals surface area contributed by atoms with Gasteiger partial charge in [-0.2, -0.15) is 0 Å². The van der Waals surface area contributed by atoms with Gasteiger partial charge < -0.3 is 5.32 Å². The van der Waals surface area contributed by atoms with Crippen LogP contribution in [0.5, 0.6) is 0 Å². The number of rotatable bonds is 5. The van der Waals surface area contributed by atoms with Crippen molar-refractivity contribution in [3.05, 3.63) is 74.3 Å². The molecule has 3 saturated carbocycles. The van der Waals surface area contributed by atoms with Gasteiger partial charge in [0, 0.05) is 18.1 Å². The van der Waals surface area contributed by atoms with Gasteiger partial charge >= 0.3 is 5.69 Å². The Labute approximate surface area is 240 Å². The molecule has 1 aromatic carbocycles. The Morgan fingerprint density at radius 3 is 2.20 bits per heavy atom. The molecule has 0 aliphatic heterocycles. The van der Waals surface area contributed by atoms with Crippen LogP contribution in [0.1, 0.15) is 113 Å². The fourth-order valence-electron chi connectivity index (χ4n) is 7.67. The Balaban J connectivity index is 1.24. The Morgan fingerprint density at radius 2 is 1.51 bits per heavy atom. The Bertz CT molecular complexity index is 1520. The first-order chi connectivity index (χ1) is 19.9. The van der Waals surface area contributed by atoms with E-state index in [4.69, 9.17) is 0 Å². The molecule has 0 saturated heterocycles. The average molecular weight is 561 g/mol. The fraction of sp³-hybridized carbons (Fsp3) is 0.576. The molecule has 2 aromatic heterocycles. The number of aryl methyl sites for hydroxylation is 1. The van der Waals surface area contributed by atoms with Crippen LogP contribution in [0.25, 0.3) is 11.0 Å². The molecule has 1 N–H and O–H groups in total. The Hall–Kier alpha value is -3.29. The standard InChI is InChI=1S/C33H41FN4O3/c1-22-10-12-23(13-11-22)33(18-6-3-7-19-33)31(40)36-25-14-16-27(17-15-25)38-30(39)28-20-24(34)21-35-29(28)37(32(38)41)26-8-4-2-5-9-26/h10-13,20-21,25-27H,2-9,14-19H2,1H3,(H,36,40). The Kier molecular flexibility index (Phi) is 7.84. The van der Waals surface area contributed by atoms with Crippen molar-refractivity contribution in [2.24, 2.45) is 0 Å². The summed E-state index contributed by atoms with van der Waals surface area (Å²) in [6, 6.07) is 9.30. The first kappa shape index (κ1) is 27.9. The number of carbonyl (C=O) groups is 1. The lowest BCUT2D eigenvalue weighted by Crippen LogP contribution is -2.51. The second-order valence-electron chi connectivity index (χ2n) is 12.6. The van der Waals surface area contributed by atoms with E-state index in [0.29, 0.717) is 31.3 Å². The van der Waals surface area contributed by atoms with Crippen molar-refractivity contribution < 1.29 is 9.18 Å². The molecule has 8 heteroatoms. The van der Waals surface area contributed by atoms with Crippen molar-refractivity contribution >= 4 is 16.9 Å². The summed E-state index contributed by atoms with van der Waals surface area (Å²) in [5, 5.41) is 3.54. The van der Waals surface area contributed by atoms with E-state index in [2.05, 4.69) is 41.5 Å². The summed E-state index contributed by atoms with van der Waals surface area (Å²) < 4.78 is 17.3. The normalized spacial score (nSPS) is 23.4. The molecule has 3 fully saturated rings. The maximum atomic E-state index is 14.2. The largest absolute Gasteiger partial charge is 0.353 e. The van der Waals surface area contributed by atoms with E-state index in [0.717, 1.165) is 76.0 Å². The van der Waals surface area contributed by atoms with Gasteiger partial charge in [-0.1, -0.05) is 68.4 Å². The number of benzene rings is 1. The van der Waals surface area contributed by atoms with Crippen LogP contribution in [0.2, 0.25) is 0 Å². The van der Waals surface area contributed by atoms with Crippen LogP contribution < -0.4 is 16.6 Å². The summed E-state index contributed by atoms with van der Waals surface area (Å²) in [7, 11) is 0. The predicted molar refractivity (Wildman–Crippen MR) is 158 cm³/mol. The highest BCUT2D eigenvalue weighted by atomic mass is 19.1. The van der Waals surface area contributed by atoms with E-state index in [-0.39, 0.29) is 35.1 Å². The quantitative estimate of drug-likeness (QED) is 0.414. The minimum atomic E-state index is -0.577. The minimum absolute atomic E-state index is 0.00107. The zero-order valence-corrected chi connectivity index (χ0v) is 24.0. The molecule has 7 nitrogen and oxygen atoms in total. The molecule has 0 bridgehead atoms. The monoisotopic (exact) mass is 560 g/mol. The number of carbonyl (C=O) groups excluding carboxylic acids is 1. The molecular weight excluding hydrogens is 519 g/mol. The van der Waals surface area contributed by atoms with Crippen LogP contribution in [-0.2, 0) is 10.2 Å². The van der Waals surface area contributed by atoms with Gasteiger partial charge in [-0.3, -0.25) is 18.7 Å². The lowest BCUT2D eigenvalue weighted by Gasteiger charge is -2.39. The van der Waals surface area contributed by atoms with E-state index in [1.165, 1.54) is 16.2 Å². The van der Waals surface area contributed by atoms with Gasteiger partial charge in [0.05, 0.1) is 17.0 Å². The first-order valence-electron chi connectivity index (χ1n) is 15.6. The summed E-state index contributed by atoms with van der Waals surface area (Å²) in [5.74, 6) is -0.472. The van der Waals surface area contributed by atoms with Crippen LogP contribution in [0.4, 0.5) is 4.39 Å². The van der Waals surface area contributed by atoms with E-state index in [1.807, 2.05) is 0 Å². The van der Waals surface area contributed by atoms with Gasteiger partial charge in [0.2, 0.25) is 5.91 Å². The number of nitrogens with one attached hydrogen (secondary N) is 1. The molecule has 0 atom stereocenters. The van der Waals surface area contributed by atoms with Crippen LogP contribution in [0.15, 0.2) is 46.1 Å². The summed E-state index contributed by atoms with van der Waals surface area (Å²) in [4.78, 5) is 45.6. The molecule has 3 aliphatic rings. The zero-order valence-electron chi connectivity index (χ0n) is 24.0. The highest BCUT2D eigenvalue weighted by Gasteiger charge is 2.42. The van der Waals surface area contributed by atoms with Gasteiger partial charge in [0.15, 0.2) is 0 Å². The third kappa shape index (κ3) is 5.26. The molecule has 0 unspecified atom stereocenters. The molecule has 218 valence electrons. The van der Waals surface area contributed by atoms with Crippen molar-refractivity contribution in [1.82, 2.24) is 19.4 Å². The summed E-state index contributed by atoms with van der Waals surface area (Å²) in [6.07, 6.45) is 13.5. The van der Waals surface area contributed by atoms with Crippen molar-refractivity contribution in [3.8, 4) is 0 Å². The highest BCUT2D eigenvalue weighted by molar-refractivity contribution is 5.88. The van der Waals surface area contributed by atoms with Crippen molar-refractivity contribution in [2.75, 3.05) is 0 Å². The summed E-state index contributed by atoms with van der Waals surface area (Å²) in [6.45, 7) is 2.06. The molecule has 3 aliphatic carbocycles. The third-order valence-corrected chi connectivity index (χ3v) is 10.0. The van der Waals surface area contributed by atoms with Gasteiger partial charge in [-0.25, -0.2) is 14.2 Å². The number of fused-ring (bicyclic) bond motifs is 1. The van der Waals surface area contributed by atoms with E-state index in [1.54, 1.807) is 4.57 Å². The molecule has 1 amide bonds. The second-order valence-corrected chi connectivity index (χ2v) is 12.6. The third-order valence-electron chi connectivity index (χ3n) is 10.0. The lowest BCUT2D eigenvalue weighted by molar-refractivity contribution is -0.129. The number of nitrogens with zero attached hydrogens (tertiary/aromatic N) is 3. The van der Waals surface area contributed by atoms with E-state index < -0.39 is 16.8 Å². The number of amides is 1. The summed E-state index contributed by atoms with van der Waals surface area (Å²) in [5.41, 5.74) is 1.28. The van der Waals surface area contributed by atoms with Gasteiger partial charge in [0.25, 0.3) is 5.56 Å². The minimum Gasteiger partial charge on any atom is -0.353 e. The summed E-state index contributed by atoms with van der Waals surface area (Å²) >= 11 is 0. The maximum absolute atomic E-state index is 14.2. The number of halogens is 1. The highest BCUT2D eigenvalue weighted by Crippen LogP contribution is 2.40. The number of hydrogen-bond acceptors (Lipinski definition) is 4. The number of hydrogen-bond donors (Lipinski definition) is 1. The van der Waals surface area contributed by atoms with Crippen LogP contribution in [0, 0.1) is 12.7 Å². The molecule has 6 rings (SSSR count). The van der Waals surface area contributed by atoms with Crippen molar-refractivity contribution in [2.45, 2.75) is 120 Å². The maximum Gasteiger partial charge on any atom is 0.333 e. The van der Waals surface area contributed by atoms with Gasteiger partial charge in [0.1, 0.15) is 11.5 Å². The van der Waals surface area contributed by atoms with Crippen LogP contribution >= 0.6 is 0 Å². The second kappa shape index (κ2) is 11.5. The SMILES string of the molecule is Cc1ccc(C2(C(=O)NC3CCC(n4c(=O)c5cc(F)cnc5n(C5CCCCC5)c4=O)CC3)CCCCC2)cc1. The van der Waals surface area contributed by atoms with Crippen molar-refractivity contribution in [1.29, 1.82) is 0 Å². The van der Waals surface area contributed by atoms with Crippen LogP contribution in [0.3, 0.4) is 0 Å². The number of pyridine rings is 1. The van der Waals surface area contributed by atoms with Gasteiger partial charge in [-0.15, -0.1) is 0 Å². The molecule has 3 aromatic rings. The van der Waals surface area contributed by atoms with E-state index in [9.17, 15) is 18.8 Å². The molecule has 0 spiro atoms. The molecular formula is C33H41FN4O3. The number of aromatic nitrogens is 3. The fourth-order valence-corrected chi connectivity index (χ4v) is 7.67. The molecule has 41 heavy (non-hydrogen) atoms. The Morgan fingerprint density at radius 1 is 0.878 bits per heavy atom. The average Bonchev–Trinajstić information content (AvgIpc) is 2.99. The zero-order chi connectivity index (χ0) is 28.6. The van der Waals surface area contributed by atoms with Gasteiger partial charge in [-0.05, 0) is 69.9 Å².